The highest BCUT2D eigenvalue weighted by molar-refractivity contribution is 6.00. The summed E-state index contributed by atoms with van der Waals surface area (Å²) in [5, 5.41) is 17.0. The van der Waals surface area contributed by atoms with Crippen molar-refractivity contribution in [1.29, 1.82) is 0 Å². The summed E-state index contributed by atoms with van der Waals surface area (Å²) in [6.45, 7) is 0.634. The first-order valence-corrected chi connectivity index (χ1v) is 15.1. The van der Waals surface area contributed by atoms with E-state index in [2.05, 4.69) is 10.6 Å². The normalized spacial score (nSPS) is 16.2. The fourth-order valence-corrected chi connectivity index (χ4v) is 5.77. The van der Waals surface area contributed by atoms with Gasteiger partial charge in [0.1, 0.15) is 5.82 Å². The number of benzene rings is 4. The number of amides is 2. The fourth-order valence-electron chi connectivity index (χ4n) is 5.77. The van der Waals surface area contributed by atoms with Crippen molar-refractivity contribution >= 4 is 11.8 Å². The molecule has 4 aromatic carbocycles. The zero-order valence-electron chi connectivity index (χ0n) is 25.0. The predicted molar refractivity (Wildman–Crippen MR) is 166 cm³/mol. The second kappa shape index (κ2) is 14.7. The van der Waals surface area contributed by atoms with Gasteiger partial charge >= 0.3 is 6.18 Å². The largest absolute Gasteiger partial charge is 0.416 e. The van der Waals surface area contributed by atoms with Gasteiger partial charge in [-0.25, -0.2) is 4.39 Å². The Bertz CT molecular complexity index is 1630. The molecule has 1 saturated heterocycles. The molecule has 5 rings (SSSR count). The molecule has 10 heteroatoms. The van der Waals surface area contributed by atoms with Crippen molar-refractivity contribution in [3.8, 4) is 0 Å². The summed E-state index contributed by atoms with van der Waals surface area (Å²) < 4.78 is 52.8. The Labute approximate surface area is 265 Å². The van der Waals surface area contributed by atoms with Crippen LogP contribution >= 0.6 is 0 Å². The Balaban J connectivity index is 1.27. The maximum Gasteiger partial charge on any atom is 0.416 e. The Morgan fingerprint density at radius 3 is 2.30 bits per heavy atom. The van der Waals surface area contributed by atoms with E-state index in [9.17, 15) is 32.3 Å². The highest BCUT2D eigenvalue weighted by atomic mass is 19.4. The van der Waals surface area contributed by atoms with Crippen LogP contribution in [0.5, 0.6) is 0 Å². The molecule has 4 aromatic rings. The standard InChI is InChI=1S/C36H35F4N3O3/c37-30-16-14-26(15-17-30)32-13-6-18-43(32)35(46)28-11-5-10-27(21-28)34(45)42-31(20-24-7-2-1-3-8-24)33(44)23-41-22-25-9-4-12-29(19-25)36(38,39)40/h1-5,7-12,14-17,19,21,31-33,41,44H,6,13,18,20,22-23H2,(H,42,45)/t31-,32-,33+/m0/s1. The smallest absolute Gasteiger partial charge is 0.390 e. The second-order valence-corrected chi connectivity index (χ2v) is 11.5. The lowest BCUT2D eigenvalue weighted by atomic mass is 10.00. The summed E-state index contributed by atoms with van der Waals surface area (Å²) in [5.74, 6) is -1.06. The van der Waals surface area contributed by atoms with Crippen LogP contribution in [0.25, 0.3) is 0 Å². The average Bonchev–Trinajstić information content (AvgIpc) is 3.55. The number of carbonyl (C=O) groups is 2. The minimum Gasteiger partial charge on any atom is -0.390 e. The number of hydrogen-bond donors (Lipinski definition) is 3. The molecule has 0 aromatic heterocycles. The van der Waals surface area contributed by atoms with E-state index >= 15 is 0 Å². The van der Waals surface area contributed by atoms with Gasteiger partial charge in [0.2, 0.25) is 0 Å². The molecule has 6 nitrogen and oxygen atoms in total. The Morgan fingerprint density at radius 1 is 0.870 bits per heavy atom. The lowest BCUT2D eigenvalue weighted by molar-refractivity contribution is -0.137. The van der Waals surface area contributed by atoms with Crippen molar-refractivity contribution in [2.75, 3.05) is 13.1 Å². The third kappa shape index (κ3) is 8.38. The zero-order chi connectivity index (χ0) is 32.7. The van der Waals surface area contributed by atoms with Gasteiger partial charge in [0.15, 0.2) is 0 Å². The van der Waals surface area contributed by atoms with E-state index in [4.69, 9.17) is 0 Å². The molecular formula is C36H35F4N3O3. The van der Waals surface area contributed by atoms with E-state index in [0.717, 1.165) is 36.1 Å². The molecule has 240 valence electrons. The summed E-state index contributed by atoms with van der Waals surface area (Å²) in [7, 11) is 0. The molecule has 0 bridgehead atoms. The molecule has 2 amide bonds. The third-order valence-electron chi connectivity index (χ3n) is 8.16. The van der Waals surface area contributed by atoms with Crippen LogP contribution in [-0.2, 0) is 19.1 Å². The number of halogens is 4. The second-order valence-electron chi connectivity index (χ2n) is 11.5. The molecule has 46 heavy (non-hydrogen) atoms. The number of likely N-dealkylation sites (tertiary alicyclic amines) is 1. The molecule has 1 heterocycles. The maximum absolute atomic E-state index is 13.6. The van der Waals surface area contributed by atoms with Crippen LogP contribution < -0.4 is 10.6 Å². The number of aliphatic hydroxyl groups excluding tert-OH is 1. The van der Waals surface area contributed by atoms with Crippen molar-refractivity contribution in [3.63, 3.8) is 0 Å². The first-order valence-electron chi connectivity index (χ1n) is 15.1. The van der Waals surface area contributed by atoms with E-state index in [1.807, 2.05) is 30.3 Å². The molecule has 0 unspecified atom stereocenters. The Morgan fingerprint density at radius 2 is 1.57 bits per heavy atom. The summed E-state index contributed by atoms with van der Waals surface area (Å²) in [4.78, 5) is 28.8. The van der Waals surface area contributed by atoms with Crippen molar-refractivity contribution in [3.05, 3.63) is 142 Å². The zero-order valence-corrected chi connectivity index (χ0v) is 25.0. The van der Waals surface area contributed by atoms with Crippen molar-refractivity contribution in [1.82, 2.24) is 15.5 Å². The molecule has 1 aliphatic heterocycles. The third-order valence-corrected chi connectivity index (χ3v) is 8.16. The van der Waals surface area contributed by atoms with Gasteiger partial charge in [-0.15, -0.1) is 0 Å². The Kier molecular flexibility index (Phi) is 10.5. The molecule has 0 radical (unpaired) electrons. The number of hydrogen-bond acceptors (Lipinski definition) is 4. The summed E-state index contributed by atoms with van der Waals surface area (Å²) in [6.07, 6.45) is -3.69. The van der Waals surface area contributed by atoms with Gasteiger partial charge in [0.05, 0.1) is 23.8 Å². The first kappa shape index (κ1) is 32.8. The van der Waals surface area contributed by atoms with Crippen LogP contribution in [0, 0.1) is 5.82 Å². The maximum atomic E-state index is 13.6. The number of alkyl halides is 3. The van der Waals surface area contributed by atoms with Gasteiger partial charge in [-0.1, -0.05) is 66.7 Å². The number of carbonyl (C=O) groups excluding carboxylic acids is 2. The van der Waals surface area contributed by atoms with Crippen LogP contribution in [0.2, 0.25) is 0 Å². The van der Waals surface area contributed by atoms with Crippen LogP contribution in [0.1, 0.15) is 61.9 Å². The van der Waals surface area contributed by atoms with Gasteiger partial charge in [0.25, 0.3) is 11.8 Å². The lowest BCUT2D eigenvalue weighted by Gasteiger charge is -2.26. The van der Waals surface area contributed by atoms with Gasteiger partial charge < -0.3 is 20.6 Å². The molecular weight excluding hydrogens is 598 g/mol. The summed E-state index contributed by atoms with van der Waals surface area (Å²) >= 11 is 0. The SMILES string of the molecule is O=C(N[C@@H](Cc1ccccc1)[C@H](O)CNCc1cccc(C(F)(F)F)c1)c1cccc(C(=O)N2CCC[C@H]2c2ccc(F)cc2)c1. The van der Waals surface area contributed by atoms with Crippen LogP contribution in [0.4, 0.5) is 17.6 Å². The lowest BCUT2D eigenvalue weighted by Crippen LogP contribution is -2.48. The van der Waals surface area contributed by atoms with E-state index in [1.54, 1.807) is 41.3 Å². The minimum atomic E-state index is -4.46. The van der Waals surface area contributed by atoms with Gasteiger partial charge in [-0.05, 0) is 72.4 Å². The topological polar surface area (TPSA) is 81.7 Å². The number of aliphatic hydroxyl groups is 1. The molecule has 3 atom stereocenters. The number of nitrogens with one attached hydrogen (secondary N) is 2. The minimum absolute atomic E-state index is 0.00624. The van der Waals surface area contributed by atoms with Crippen molar-refractivity contribution in [2.24, 2.45) is 0 Å². The van der Waals surface area contributed by atoms with Gasteiger partial charge in [-0.2, -0.15) is 13.2 Å². The predicted octanol–water partition coefficient (Wildman–Crippen LogP) is 6.31. The number of nitrogens with zero attached hydrogens (tertiary/aromatic N) is 1. The van der Waals surface area contributed by atoms with E-state index in [1.165, 1.54) is 24.3 Å². The van der Waals surface area contributed by atoms with E-state index in [-0.39, 0.29) is 36.4 Å². The first-order chi connectivity index (χ1) is 22.1. The number of rotatable bonds is 11. The monoisotopic (exact) mass is 633 g/mol. The van der Waals surface area contributed by atoms with Gasteiger partial charge in [-0.3, -0.25) is 9.59 Å². The van der Waals surface area contributed by atoms with Crippen LogP contribution in [-0.4, -0.2) is 47.1 Å². The van der Waals surface area contributed by atoms with E-state index in [0.29, 0.717) is 24.1 Å². The quantitative estimate of drug-likeness (QED) is 0.169. The van der Waals surface area contributed by atoms with E-state index < -0.39 is 29.8 Å². The molecule has 1 fully saturated rings. The highest BCUT2D eigenvalue weighted by Crippen LogP contribution is 2.33. The molecule has 0 saturated carbocycles. The van der Waals surface area contributed by atoms with Crippen molar-refractivity contribution < 1.29 is 32.3 Å². The summed E-state index contributed by atoms with van der Waals surface area (Å²) in [5.41, 5.74) is 1.95. The molecule has 3 N–H and O–H groups in total. The average molecular weight is 634 g/mol. The van der Waals surface area contributed by atoms with Crippen LogP contribution in [0.15, 0.2) is 103 Å². The highest BCUT2D eigenvalue weighted by Gasteiger charge is 2.32. The van der Waals surface area contributed by atoms with Gasteiger partial charge in [0, 0.05) is 30.8 Å². The molecule has 0 spiro atoms. The molecule has 1 aliphatic rings. The Hall–Kier alpha value is -4.54. The van der Waals surface area contributed by atoms with Crippen LogP contribution in [0.3, 0.4) is 0 Å². The van der Waals surface area contributed by atoms with Crippen molar-refractivity contribution in [2.45, 2.75) is 50.2 Å². The fraction of sp³-hybridized carbons (Fsp3) is 0.278. The molecule has 0 aliphatic carbocycles. The summed E-state index contributed by atoms with van der Waals surface area (Å²) in [6, 6.07) is 25.8.